The predicted octanol–water partition coefficient (Wildman–Crippen LogP) is 3.33. The van der Waals surface area contributed by atoms with Crippen molar-refractivity contribution in [1.82, 2.24) is 5.43 Å². The van der Waals surface area contributed by atoms with Gasteiger partial charge >= 0.3 is 11.7 Å². The molecule has 1 saturated heterocycles. The van der Waals surface area contributed by atoms with E-state index in [4.69, 9.17) is 9.84 Å². The van der Waals surface area contributed by atoms with Crippen molar-refractivity contribution in [2.24, 2.45) is 0 Å². The van der Waals surface area contributed by atoms with Crippen LogP contribution in [0.25, 0.3) is 6.08 Å². The van der Waals surface area contributed by atoms with Crippen LogP contribution in [-0.4, -0.2) is 27.8 Å². The number of hydrogen-bond donors (Lipinski definition) is 2. The number of carbonyl (C=O) groups excluding carboxylic acids is 2. The second kappa shape index (κ2) is 9.25. The lowest BCUT2D eigenvalue weighted by molar-refractivity contribution is -0.386. The molecule has 2 amide bonds. The molecule has 1 aliphatic heterocycles. The predicted molar refractivity (Wildman–Crippen MR) is 121 cm³/mol. The summed E-state index contributed by atoms with van der Waals surface area (Å²) in [7, 11) is 0. The van der Waals surface area contributed by atoms with E-state index in [9.17, 15) is 24.5 Å². The maximum atomic E-state index is 12.7. The Hall–Kier alpha value is -4.99. The molecule has 0 radical (unpaired) electrons. The van der Waals surface area contributed by atoms with Gasteiger partial charge in [-0.15, -0.1) is 0 Å². The Kier molecular flexibility index (Phi) is 6.04. The van der Waals surface area contributed by atoms with Crippen molar-refractivity contribution in [3.8, 4) is 5.75 Å². The lowest BCUT2D eigenvalue weighted by atomic mass is 10.1. The van der Waals surface area contributed by atoms with Gasteiger partial charge < -0.3 is 9.84 Å². The first-order chi connectivity index (χ1) is 16.3. The molecule has 0 atom stereocenters. The van der Waals surface area contributed by atoms with Crippen molar-refractivity contribution in [3.63, 3.8) is 0 Å². The Morgan fingerprint density at radius 1 is 1.06 bits per heavy atom. The lowest BCUT2D eigenvalue weighted by Crippen LogP contribution is -2.35. The monoisotopic (exact) mass is 459 g/mol. The number of para-hydroxylation sites is 1. The van der Waals surface area contributed by atoms with Crippen LogP contribution in [0.4, 0.5) is 11.4 Å². The first-order valence-electron chi connectivity index (χ1n) is 9.99. The minimum Gasteiger partial charge on any atom is -0.482 e. The van der Waals surface area contributed by atoms with E-state index in [0.29, 0.717) is 11.3 Å². The number of benzene rings is 3. The summed E-state index contributed by atoms with van der Waals surface area (Å²) >= 11 is 0. The van der Waals surface area contributed by atoms with E-state index in [1.807, 2.05) is 0 Å². The number of carboxylic acid groups (broad SMARTS) is 1. The maximum Gasteiger partial charge on any atom is 0.335 e. The summed E-state index contributed by atoms with van der Waals surface area (Å²) in [5.74, 6) is -2.35. The topological polar surface area (TPSA) is 139 Å². The number of rotatable bonds is 7. The maximum absolute atomic E-state index is 12.7. The molecule has 0 aromatic heterocycles. The fourth-order valence-electron chi connectivity index (χ4n) is 3.33. The van der Waals surface area contributed by atoms with Crippen molar-refractivity contribution in [3.05, 3.63) is 105 Å². The van der Waals surface area contributed by atoms with E-state index in [1.165, 1.54) is 36.4 Å². The number of hydrazine groups is 1. The summed E-state index contributed by atoms with van der Waals surface area (Å²) in [5, 5.41) is 21.8. The summed E-state index contributed by atoms with van der Waals surface area (Å²) < 4.78 is 5.55. The molecular formula is C24H17N3O7. The summed E-state index contributed by atoms with van der Waals surface area (Å²) in [4.78, 5) is 47.1. The van der Waals surface area contributed by atoms with E-state index >= 15 is 0 Å². The van der Waals surface area contributed by atoms with Gasteiger partial charge in [-0.3, -0.25) is 25.1 Å². The van der Waals surface area contributed by atoms with Gasteiger partial charge in [0.15, 0.2) is 5.75 Å². The van der Waals surface area contributed by atoms with Gasteiger partial charge in [0.25, 0.3) is 11.8 Å². The second-order valence-electron chi connectivity index (χ2n) is 7.25. The molecular weight excluding hydrogens is 442 g/mol. The van der Waals surface area contributed by atoms with Crippen molar-refractivity contribution in [1.29, 1.82) is 0 Å². The number of nitrogens with zero attached hydrogens (tertiary/aromatic N) is 2. The summed E-state index contributed by atoms with van der Waals surface area (Å²) in [6.45, 7) is -0.0880. The molecule has 0 bridgehead atoms. The molecule has 34 heavy (non-hydrogen) atoms. The number of carboxylic acids is 1. The fraction of sp³-hybridized carbons (Fsp3) is 0.0417. The molecule has 0 aliphatic carbocycles. The Morgan fingerprint density at radius 2 is 1.82 bits per heavy atom. The Morgan fingerprint density at radius 3 is 2.53 bits per heavy atom. The summed E-state index contributed by atoms with van der Waals surface area (Å²) in [6.07, 6.45) is 1.27. The summed E-state index contributed by atoms with van der Waals surface area (Å²) in [6, 6.07) is 18.6. The molecule has 4 rings (SSSR count). The number of nitro groups is 1. The van der Waals surface area contributed by atoms with Gasteiger partial charge in [-0.05, 0) is 47.5 Å². The van der Waals surface area contributed by atoms with Gasteiger partial charge in [0.2, 0.25) is 0 Å². The zero-order valence-corrected chi connectivity index (χ0v) is 17.5. The van der Waals surface area contributed by atoms with Gasteiger partial charge in [-0.25, -0.2) is 9.80 Å². The van der Waals surface area contributed by atoms with Crippen LogP contribution >= 0.6 is 0 Å². The van der Waals surface area contributed by atoms with Crippen molar-refractivity contribution in [2.75, 3.05) is 5.01 Å². The van der Waals surface area contributed by atoms with E-state index in [2.05, 4.69) is 5.43 Å². The van der Waals surface area contributed by atoms with Crippen LogP contribution in [0.2, 0.25) is 0 Å². The van der Waals surface area contributed by atoms with Crippen LogP contribution in [0, 0.1) is 10.1 Å². The molecule has 170 valence electrons. The number of carbonyl (C=O) groups is 3. The molecule has 0 saturated carbocycles. The molecule has 2 N–H and O–H groups in total. The average Bonchev–Trinajstić information content (AvgIpc) is 3.12. The quantitative estimate of drug-likeness (QED) is 0.239. The van der Waals surface area contributed by atoms with Gasteiger partial charge in [0.05, 0.1) is 16.2 Å². The molecule has 1 fully saturated rings. The van der Waals surface area contributed by atoms with Gasteiger partial charge in [-0.1, -0.05) is 36.4 Å². The molecule has 10 heteroatoms. The lowest BCUT2D eigenvalue weighted by Gasteiger charge is -2.13. The number of nitro benzene ring substituents is 1. The van der Waals surface area contributed by atoms with E-state index < -0.39 is 22.7 Å². The summed E-state index contributed by atoms with van der Waals surface area (Å²) in [5.41, 5.74) is 3.27. The van der Waals surface area contributed by atoms with Crippen LogP contribution < -0.4 is 15.2 Å². The molecule has 1 heterocycles. The molecule has 0 unspecified atom stereocenters. The fourth-order valence-corrected chi connectivity index (χ4v) is 3.33. The third-order valence-electron chi connectivity index (χ3n) is 4.96. The van der Waals surface area contributed by atoms with Gasteiger partial charge in [0, 0.05) is 6.07 Å². The van der Waals surface area contributed by atoms with Crippen LogP contribution in [0.5, 0.6) is 5.75 Å². The Bertz CT molecular complexity index is 1340. The van der Waals surface area contributed by atoms with Crippen LogP contribution in [0.3, 0.4) is 0 Å². The number of aromatic carboxylic acids is 1. The average molecular weight is 459 g/mol. The van der Waals surface area contributed by atoms with E-state index in [1.54, 1.807) is 42.5 Å². The largest absolute Gasteiger partial charge is 0.482 e. The zero-order valence-electron chi connectivity index (χ0n) is 17.5. The molecule has 10 nitrogen and oxygen atoms in total. The van der Waals surface area contributed by atoms with Crippen LogP contribution in [0.1, 0.15) is 21.5 Å². The number of anilines is 1. The molecule has 3 aromatic carbocycles. The highest BCUT2D eigenvalue weighted by Crippen LogP contribution is 2.30. The Balaban J connectivity index is 1.57. The highest BCUT2D eigenvalue weighted by atomic mass is 16.6. The number of nitrogens with one attached hydrogen (secondary N) is 1. The molecule has 1 aliphatic rings. The second-order valence-corrected chi connectivity index (χ2v) is 7.25. The first kappa shape index (κ1) is 22.2. The highest BCUT2D eigenvalue weighted by Gasteiger charge is 2.34. The third-order valence-corrected chi connectivity index (χ3v) is 4.96. The highest BCUT2D eigenvalue weighted by molar-refractivity contribution is 6.31. The van der Waals surface area contributed by atoms with Crippen molar-refractivity contribution >= 4 is 35.2 Å². The van der Waals surface area contributed by atoms with Crippen molar-refractivity contribution in [2.45, 2.75) is 6.61 Å². The van der Waals surface area contributed by atoms with Gasteiger partial charge in [0.1, 0.15) is 12.2 Å². The van der Waals surface area contributed by atoms with Crippen LogP contribution in [-0.2, 0) is 16.2 Å². The SMILES string of the molecule is O=C1NN(c2ccccc2)C(=O)/C1=C\c1ccc(OCc2cccc(C(=O)O)c2)c([N+](=O)[O-])c1. The van der Waals surface area contributed by atoms with E-state index in [0.717, 1.165) is 5.01 Å². The normalized spacial score (nSPS) is 14.2. The number of hydrogen-bond acceptors (Lipinski definition) is 6. The molecule has 0 spiro atoms. The van der Waals surface area contributed by atoms with Gasteiger partial charge in [-0.2, -0.15) is 0 Å². The number of amides is 2. The Labute approximate surface area is 192 Å². The third kappa shape index (κ3) is 4.60. The van der Waals surface area contributed by atoms with Crippen molar-refractivity contribution < 1.29 is 29.2 Å². The molecule has 3 aromatic rings. The number of ether oxygens (including phenoxy) is 1. The van der Waals surface area contributed by atoms with Crippen LogP contribution in [0.15, 0.2) is 78.4 Å². The standard InChI is InChI=1S/C24H17N3O7/c28-22-19(23(29)26(25-22)18-7-2-1-3-8-18)12-15-9-10-21(20(13-15)27(32)33)34-14-16-5-4-6-17(11-16)24(30)31/h1-13H,14H2,(H,25,28)(H,30,31)/b19-12-. The first-order valence-corrected chi connectivity index (χ1v) is 9.99. The smallest absolute Gasteiger partial charge is 0.335 e. The minimum absolute atomic E-state index is 0.0407. The van der Waals surface area contributed by atoms with E-state index in [-0.39, 0.29) is 34.7 Å². The minimum atomic E-state index is -1.10. The zero-order chi connectivity index (χ0) is 24.2.